The molecule has 0 saturated carbocycles. The van der Waals surface area contributed by atoms with Crippen LogP contribution >= 0.6 is 0 Å². The zero-order chi connectivity index (χ0) is 8.32. The first-order valence-electron chi connectivity index (χ1n) is 4.03. The van der Waals surface area contributed by atoms with E-state index in [0.717, 1.165) is 13.1 Å². The molecule has 1 heterocycles. The van der Waals surface area contributed by atoms with Gasteiger partial charge in [0.25, 0.3) is 0 Å². The molecule has 1 N–H and O–H groups in total. The standard InChI is InChI=1S/C8H15NO2/c1-3-11-7(10)4-8(2)5-9-6-8/h9H,3-6H2,1-2H3. The minimum Gasteiger partial charge on any atom is -0.466 e. The molecule has 1 fully saturated rings. The Hall–Kier alpha value is -0.570. The van der Waals surface area contributed by atoms with E-state index in [-0.39, 0.29) is 11.4 Å². The topological polar surface area (TPSA) is 38.3 Å². The average molecular weight is 157 g/mol. The number of hydrogen-bond acceptors (Lipinski definition) is 3. The first-order valence-corrected chi connectivity index (χ1v) is 4.03. The molecular weight excluding hydrogens is 142 g/mol. The molecular formula is C8H15NO2. The van der Waals surface area contributed by atoms with Crippen molar-refractivity contribution in [3.8, 4) is 0 Å². The van der Waals surface area contributed by atoms with E-state index in [4.69, 9.17) is 4.74 Å². The molecule has 0 atom stereocenters. The normalized spacial score (nSPS) is 20.5. The van der Waals surface area contributed by atoms with Crippen LogP contribution in [0.3, 0.4) is 0 Å². The number of carbonyl (C=O) groups excluding carboxylic acids is 1. The fourth-order valence-electron chi connectivity index (χ4n) is 1.24. The van der Waals surface area contributed by atoms with Gasteiger partial charge in [-0.15, -0.1) is 0 Å². The summed E-state index contributed by atoms with van der Waals surface area (Å²) in [5, 5.41) is 3.14. The molecule has 0 radical (unpaired) electrons. The summed E-state index contributed by atoms with van der Waals surface area (Å²) in [6.07, 6.45) is 0.549. The molecule has 0 amide bonds. The van der Waals surface area contributed by atoms with Crippen molar-refractivity contribution in [2.45, 2.75) is 20.3 Å². The second-order valence-corrected chi connectivity index (χ2v) is 3.40. The van der Waals surface area contributed by atoms with Crippen LogP contribution < -0.4 is 5.32 Å². The molecule has 1 aliphatic heterocycles. The maximum Gasteiger partial charge on any atom is 0.306 e. The molecule has 3 nitrogen and oxygen atoms in total. The SMILES string of the molecule is CCOC(=O)CC1(C)CNC1. The third-order valence-electron chi connectivity index (χ3n) is 1.98. The van der Waals surface area contributed by atoms with Gasteiger partial charge in [0.15, 0.2) is 0 Å². The molecule has 0 unspecified atom stereocenters. The smallest absolute Gasteiger partial charge is 0.306 e. The first-order chi connectivity index (χ1) is 5.16. The van der Waals surface area contributed by atoms with Gasteiger partial charge in [-0.2, -0.15) is 0 Å². The second-order valence-electron chi connectivity index (χ2n) is 3.40. The van der Waals surface area contributed by atoms with Gasteiger partial charge in [-0.1, -0.05) is 6.92 Å². The Morgan fingerprint density at radius 1 is 1.64 bits per heavy atom. The highest BCUT2D eigenvalue weighted by molar-refractivity contribution is 5.70. The van der Waals surface area contributed by atoms with Gasteiger partial charge in [0, 0.05) is 18.5 Å². The summed E-state index contributed by atoms with van der Waals surface area (Å²) in [4.78, 5) is 11.0. The maximum atomic E-state index is 11.0. The lowest BCUT2D eigenvalue weighted by Crippen LogP contribution is -2.52. The minimum absolute atomic E-state index is 0.0727. The van der Waals surface area contributed by atoms with Crippen LogP contribution in [-0.4, -0.2) is 25.7 Å². The van der Waals surface area contributed by atoms with Crippen molar-refractivity contribution in [1.29, 1.82) is 0 Å². The third kappa shape index (κ3) is 2.19. The summed E-state index contributed by atoms with van der Waals surface area (Å²) in [5.41, 5.74) is 0.159. The Kier molecular flexibility index (Phi) is 2.49. The van der Waals surface area contributed by atoms with Crippen molar-refractivity contribution >= 4 is 5.97 Å². The fourth-order valence-corrected chi connectivity index (χ4v) is 1.24. The highest BCUT2D eigenvalue weighted by Crippen LogP contribution is 2.25. The molecule has 0 bridgehead atoms. The monoisotopic (exact) mass is 157 g/mol. The molecule has 0 aliphatic carbocycles. The number of hydrogen-bond donors (Lipinski definition) is 1. The molecule has 1 aliphatic rings. The maximum absolute atomic E-state index is 11.0. The van der Waals surface area contributed by atoms with Gasteiger partial charge in [-0.25, -0.2) is 0 Å². The van der Waals surface area contributed by atoms with Crippen LogP contribution in [0.1, 0.15) is 20.3 Å². The summed E-state index contributed by atoms with van der Waals surface area (Å²) in [5.74, 6) is -0.0727. The second kappa shape index (κ2) is 3.22. The van der Waals surface area contributed by atoms with E-state index >= 15 is 0 Å². The van der Waals surface area contributed by atoms with Gasteiger partial charge in [0.1, 0.15) is 0 Å². The lowest BCUT2D eigenvalue weighted by atomic mass is 9.81. The lowest BCUT2D eigenvalue weighted by molar-refractivity contribution is -0.146. The Morgan fingerprint density at radius 3 is 2.64 bits per heavy atom. The molecule has 0 aromatic rings. The van der Waals surface area contributed by atoms with Gasteiger partial charge in [0.05, 0.1) is 13.0 Å². The van der Waals surface area contributed by atoms with Crippen molar-refractivity contribution in [1.82, 2.24) is 5.32 Å². The first kappa shape index (κ1) is 8.53. The Labute approximate surface area is 67.1 Å². The number of nitrogens with one attached hydrogen (secondary N) is 1. The summed E-state index contributed by atoms with van der Waals surface area (Å²) < 4.78 is 4.85. The zero-order valence-electron chi connectivity index (χ0n) is 7.14. The Balaban J connectivity index is 2.23. The van der Waals surface area contributed by atoms with Crippen LogP contribution in [0.5, 0.6) is 0 Å². The summed E-state index contributed by atoms with van der Waals surface area (Å²) in [6.45, 7) is 6.29. The summed E-state index contributed by atoms with van der Waals surface area (Å²) in [6, 6.07) is 0. The molecule has 0 aromatic heterocycles. The number of carbonyl (C=O) groups is 1. The highest BCUT2D eigenvalue weighted by atomic mass is 16.5. The van der Waals surface area contributed by atoms with Gasteiger partial charge < -0.3 is 10.1 Å². The number of esters is 1. The Morgan fingerprint density at radius 2 is 2.27 bits per heavy atom. The van der Waals surface area contributed by atoms with Crippen LogP contribution in [0.15, 0.2) is 0 Å². The van der Waals surface area contributed by atoms with Crippen molar-refractivity contribution in [3.63, 3.8) is 0 Å². The largest absolute Gasteiger partial charge is 0.466 e. The van der Waals surface area contributed by atoms with Crippen molar-refractivity contribution < 1.29 is 9.53 Å². The molecule has 0 spiro atoms. The zero-order valence-corrected chi connectivity index (χ0v) is 7.14. The van der Waals surface area contributed by atoms with Gasteiger partial charge in [-0.3, -0.25) is 4.79 Å². The van der Waals surface area contributed by atoms with Crippen LogP contribution in [0.4, 0.5) is 0 Å². The van der Waals surface area contributed by atoms with Gasteiger partial charge >= 0.3 is 5.97 Å². The van der Waals surface area contributed by atoms with Crippen molar-refractivity contribution in [2.75, 3.05) is 19.7 Å². The highest BCUT2D eigenvalue weighted by Gasteiger charge is 2.34. The van der Waals surface area contributed by atoms with Crippen molar-refractivity contribution in [2.24, 2.45) is 5.41 Å². The minimum atomic E-state index is -0.0727. The van der Waals surface area contributed by atoms with E-state index in [1.807, 2.05) is 6.92 Å². The molecule has 11 heavy (non-hydrogen) atoms. The lowest BCUT2D eigenvalue weighted by Gasteiger charge is -2.38. The fraction of sp³-hybridized carbons (Fsp3) is 0.875. The van der Waals surface area contributed by atoms with Crippen LogP contribution in [0.2, 0.25) is 0 Å². The van der Waals surface area contributed by atoms with Crippen LogP contribution in [-0.2, 0) is 9.53 Å². The molecule has 1 rings (SSSR count). The summed E-state index contributed by atoms with van der Waals surface area (Å²) >= 11 is 0. The predicted octanol–water partition coefficient (Wildman–Crippen LogP) is 0.549. The number of ether oxygens (including phenoxy) is 1. The predicted molar refractivity (Wildman–Crippen MR) is 42.2 cm³/mol. The van der Waals surface area contributed by atoms with E-state index in [0.29, 0.717) is 13.0 Å². The van der Waals surface area contributed by atoms with Crippen molar-refractivity contribution in [3.05, 3.63) is 0 Å². The van der Waals surface area contributed by atoms with E-state index < -0.39 is 0 Å². The van der Waals surface area contributed by atoms with Gasteiger partial charge in [0.2, 0.25) is 0 Å². The molecule has 1 saturated heterocycles. The van der Waals surface area contributed by atoms with E-state index in [1.165, 1.54) is 0 Å². The summed E-state index contributed by atoms with van der Waals surface area (Å²) in [7, 11) is 0. The van der Waals surface area contributed by atoms with E-state index in [9.17, 15) is 4.79 Å². The quantitative estimate of drug-likeness (QED) is 0.608. The van der Waals surface area contributed by atoms with E-state index in [1.54, 1.807) is 0 Å². The Bertz CT molecular complexity index is 152. The molecule has 0 aromatic carbocycles. The average Bonchev–Trinajstić information content (AvgIpc) is 1.85. The van der Waals surface area contributed by atoms with E-state index in [2.05, 4.69) is 12.2 Å². The van der Waals surface area contributed by atoms with Crippen LogP contribution in [0, 0.1) is 5.41 Å². The number of rotatable bonds is 3. The third-order valence-corrected chi connectivity index (χ3v) is 1.98. The molecule has 3 heteroatoms. The van der Waals surface area contributed by atoms with Crippen LogP contribution in [0.25, 0.3) is 0 Å². The molecule has 64 valence electrons. The van der Waals surface area contributed by atoms with Gasteiger partial charge in [-0.05, 0) is 6.92 Å².